The topological polar surface area (TPSA) is 49.4 Å². The van der Waals surface area contributed by atoms with Crippen LogP contribution in [0.4, 0.5) is 20.2 Å². The maximum Gasteiger partial charge on any atom is 0.229 e. The van der Waals surface area contributed by atoms with Crippen molar-refractivity contribution in [3.63, 3.8) is 0 Å². The smallest absolute Gasteiger partial charge is 0.229 e. The van der Waals surface area contributed by atoms with Gasteiger partial charge in [-0.3, -0.25) is 9.59 Å². The van der Waals surface area contributed by atoms with Crippen molar-refractivity contribution in [3.8, 4) is 0 Å². The van der Waals surface area contributed by atoms with Crippen LogP contribution in [0.15, 0.2) is 36.4 Å². The van der Waals surface area contributed by atoms with E-state index in [4.69, 9.17) is 0 Å². The Kier molecular flexibility index (Phi) is 4.53. The Balaban J connectivity index is 1.74. The number of aryl methyl sites for hydroxylation is 1. The number of amides is 2. The fourth-order valence-electron chi connectivity index (χ4n) is 2.96. The van der Waals surface area contributed by atoms with Crippen molar-refractivity contribution >= 4 is 23.2 Å². The molecule has 0 unspecified atom stereocenters. The van der Waals surface area contributed by atoms with E-state index in [2.05, 4.69) is 5.32 Å². The molecule has 4 nitrogen and oxygen atoms in total. The van der Waals surface area contributed by atoms with Gasteiger partial charge in [0, 0.05) is 30.4 Å². The average molecular weight is 344 g/mol. The first-order valence-electron chi connectivity index (χ1n) is 7.99. The normalized spacial score (nSPS) is 17.0. The third-order valence-electron chi connectivity index (χ3n) is 4.55. The number of halogens is 2. The number of anilines is 2. The minimum Gasteiger partial charge on any atom is -0.326 e. The summed E-state index contributed by atoms with van der Waals surface area (Å²) in [6.07, 6.45) is 0.0862. The fourth-order valence-corrected chi connectivity index (χ4v) is 2.96. The van der Waals surface area contributed by atoms with E-state index in [1.165, 1.54) is 6.07 Å². The second-order valence-corrected chi connectivity index (χ2v) is 6.24. The van der Waals surface area contributed by atoms with Crippen LogP contribution in [0.2, 0.25) is 0 Å². The summed E-state index contributed by atoms with van der Waals surface area (Å²) < 4.78 is 26.2. The molecule has 130 valence electrons. The summed E-state index contributed by atoms with van der Waals surface area (Å²) in [5, 5.41) is 2.55. The van der Waals surface area contributed by atoms with E-state index in [1.807, 2.05) is 32.0 Å². The summed E-state index contributed by atoms with van der Waals surface area (Å²) in [5.74, 6) is -3.06. The molecule has 6 heteroatoms. The third kappa shape index (κ3) is 3.38. The van der Waals surface area contributed by atoms with Gasteiger partial charge in [-0.05, 0) is 43.2 Å². The Bertz CT molecular complexity index is 851. The highest BCUT2D eigenvalue weighted by Crippen LogP contribution is 2.30. The number of carbonyl (C=O) groups is 2. The molecule has 2 amide bonds. The summed E-state index contributed by atoms with van der Waals surface area (Å²) in [7, 11) is 0. The predicted molar refractivity (Wildman–Crippen MR) is 91.4 cm³/mol. The van der Waals surface area contributed by atoms with Crippen molar-refractivity contribution in [3.05, 3.63) is 59.2 Å². The maximum atomic E-state index is 13.2. The van der Waals surface area contributed by atoms with Gasteiger partial charge in [-0.1, -0.05) is 12.1 Å². The highest BCUT2D eigenvalue weighted by Gasteiger charge is 2.35. The van der Waals surface area contributed by atoms with Gasteiger partial charge >= 0.3 is 0 Å². The van der Waals surface area contributed by atoms with Crippen LogP contribution in [-0.2, 0) is 9.59 Å². The molecule has 1 aliphatic rings. The molecule has 3 rings (SSSR count). The summed E-state index contributed by atoms with van der Waals surface area (Å²) >= 11 is 0. The van der Waals surface area contributed by atoms with Crippen LogP contribution in [0.5, 0.6) is 0 Å². The molecule has 0 aromatic heterocycles. The first-order valence-corrected chi connectivity index (χ1v) is 7.99. The Morgan fingerprint density at radius 3 is 2.64 bits per heavy atom. The van der Waals surface area contributed by atoms with Gasteiger partial charge in [0.2, 0.25) is 11.8 Å². The van der Waals surface area contributed by atoms with E-state index in [9.17, 15) is 18.4 Å². The standard InChI is InChI=1S/C19H18F2N2O2/c1-11-4-3-5-17(12(11)2)23-10-13(8-18(23)24)19(25)22-14-6-7-15(20)16(21)9-14/h3-7,9,13H,8,10H2,1-2H3,(H,22,25)/t13-/m1/s1. The molecular formula is C19H18F2N2O2. The molecule has 1 aliphatic heterocycles. The number of nitrogens with zero attached hydrogens (tertiary/aromatic N) is 1. The minimum atomic E-state index is -1.03. The Hall–Kier alpha value is -2.76. The number of rotatable bonds is 3. The molecular weight excluding hydrogens is 326 g/mol. The molecule has 1 atom stereocenters. The summed E-state index contributed by atoms with van der Waals surface area (Å²) in [6, 6.07) is 8.86. The fraction of sp³-hybridized carbons (Fsp3) is 0.263. The van der Waals surface area contributed by atoms with Crippen LogP contribution < -0.4 is 10.2 Å². The van der Waals surface area contributed by atoms with Gasteiger partial charge in [-0.15, -0.1) is 0 Å². The van der Waals surface area contributed by atoms with Crippen LogP contribution in [0.25, 0.3) is 0 Å². The Morgan fingerprint density at radius 2 is 1.92 bits per heavy atom. The number of benzene rings is 2. The molecule has 0 aliphatic carbocycles. The predicted octanol–water partition coefficient (Wildman–Crippen LogP) is 3.57. The molecule has 0 spiro atoms. The van der Waals surface area contributed by atoms with Crippen LogP contribution in [0.1, 0.15) is 17.5 Å². The zero-order valence-corrected chi connectivity index (χ0v) is 14.0. The average Bonchev–Trinajstić information content (AvgIpc) is 2.95. The lowest BCUT2D eigenvalue weighted by atomic mass is 10.1. The number of hydrogen-bond acceptors (Lipinski definition) is 2. The van der Waals surface area contributed by atoms with E-state index in [1.54, 1.807) is 4.90 Å². The molecule has 1 heterocycles. The number of carbonyl (C=O) groups excluding carboxylic acids is 2. The van der Waals surface area contributed by atoms with Gasteiger partial charge in [0.25, 0.3) is 0 Å². The van der Waals surface area contributed by atoms with Crippen molar-refractivity contribution in [2.24, 2.45) is 5.92 Å². The minimum absolute atomic E-state index is 0.0862. The van der Waals surface area contributed by atoms with E-state index in [-0.39, 0.29) is 30.5 Å². The van der Waals surface area contributed by atoms with Gasteiger partial charge in [-0.25, -0.2) is 8.78 Å². The Morgan fingerprint density at radius 1 is 1.16 bits per heavy atom. The first kappa shape index (κ1) is 17.1. The van der Waals surface area contributed by atoms with Gasteiger partial charge < -0.3 is 10.2 Å². The van der Waals surface area contributed by atoms with E-state index in [0.29, 0.717) is 0 Å². The molecule has 0 saturated carbocycles. The molecule has 2 aromatic rings. The van der Waals surface area contributed by atoms with E-state index >= 15 is 0 Å². The van der Waals surface area contributed by atoms with E-state index in [0.717, 1.165) is 28.9 Å². The molecule has 2 aromatic carbocycles. The van der Waals surface area contributed by atoms with E-state index < -0.39 is 17.6 Å². The second kappa shape index (κ2) is 6.63. The van der Waals surface area contributed by atoms with Crippen LogP contribution >= 0.6 is 0 Å². The van der Waals surface area contributed by atoms with Crippen molar-refractivity contribution in [2.75, 3.05) is 16.8 Å². The lowest BCUT2D eigenvalue weighted by molar-refractivity contribution is -0.122. The Labute approximate surface area is 144 Å². The summed E-state index contributed by atoms with van der Waals surface area (Å²) in [5.41, 5.74) is 3.03. The SMILES string of the molecule is Cc1cccc(N2C[C@H](C(=O)Nc3ccc(F)c(F)c3)CC2=O)c1C. The van der Waals surface area contributed by atoms with Gasteiger partial charge in [-0.2, -0.15) is 0 Å². The highest BCUT2D eigenvalue weighted by atomic mass is 19.2. The quantitative estimate of drug-likeness (QED) is 0.925. The molecule has 1 saturated heterocycles. The first-order chi connectivity index (χ1) is 11.9. The lowest BCUT2D eigenvalue weighted by Gasteiger charge is -2.20. The van der Waals surface area contributed by atoms with Crippen LogP contribution in [0.3, 0.4) is 0 Å². The summed E-state index contributed by atoms with van der Waals surface area (Å²) in [4.78, 5) is 26.3. The number of nitrogens with one attached hydrogen (secondary N) is 1. The van der Waals surface area contributed by atoms with Crippen molar-refractivity contribution < 1.29 is 18.4 Å². The van der Waals surface area contributed by atoms with Crippen molar-refractivity contribution in [1.82, 2.24) is 0 Å². The lowest BCUT2D eigenvalue weighted by Crippen LogP contribution is -2.28. The van der Waals surface area contributed by atoms with Gasteiger partial charge in [0.1, 0.15) is 0 Å². The molecule has 1 N–H and O–H groups in total. The third-order valence-corrected chi connectivity index (χ3v) is 4.55. The number of hydrogen-bond donors (Lipinski definition) is 1. The highest BCUT2D eigenvalue weighted by molar-refractivity contribution is 6.03. The van der Waals surface area contributed by atoms with Crippen LogP contribution in [0, 0.1) is 31.4 Å². The zero-order chi connectivity index (χ0) is 18.1. The van der Waals surface area contributed by atoms with Crippen LogP contribution in [-0.4, -0.2) is 18.4 Å². The van der Waals surface area contributed by atoms with Crippen molar-refractivity contribution in [2.45, 2.75) is 20.3 Å². The second-order valence-electron chi connectivity index (χ2n) is 6.24. The molecule has 1 fully saturated rings. The molecule has 0 radical (unpaired) electrons. The monoisotopic (exact) mass is 344 g/mol. The van der Waals surface area contributed by atoms with Gasteiger partial charge in [0.05, 0.1) is 5.92 Å². The van der Waals surface area contributed by atoms with Gasteiger partial charge in [0.15, 0.2) is 11.6 Å². The zero-order valence-electron chi connectivity index (χ0n) is 14.0. The van der Waals surface area contributed by atoms with Crippen molar-refractivity contribution in [1.29, 1.82) is 0 Å². The molecule has 0 bridgehead atoms. The molecule has 25 heavy (non-hydrogen) atoms. The maximum absolute atomic E-state index is 13.2. The largest absolute Gasteiger partial charge is 0.326 e. The summed E-state index contributed by atoms with van der Waals surface area (Å²) in [6.45, 7) is 4.16.